The molecule has 1 fully saturated rings. The number of carbonyl (C=O) groups is 2. The topological polar surface area (TPSA) is 67.2 Å². The van der Waals surface area contributed by atoms with Crippen LogP contribution in [0.25, 0.3) is 0 Å². The predicted molar refractivity (Wildman–Crippen MR) is 66.9 cm³/mol. The highest BCUT2D eigenvalue weighted by Gasteiger charge is 2.31. The second-order valence-corrected chi connectivity index (χ2v) is 4.21. The summed E-state index contributed by atoms with van der Waals surface area (Å²) in [4.78, 5) is 25.2. The summed E-state index contributed by atoms with van der Waals surface area (Å²) in [5.41, 5.74) is 0. The molecular weight excluding hydrogens is 232 g/mol. The van der Waals surface area contributed by atoms with Crippen molar-refractivity contribution in [1.29, 1.82) is 0 Å². The Labute approximate surface area is 105 Å². The average molecular weight is 248 g/mol. The van der Waals surface area contributed by atoms with Crippen LogP contribution in [0.3, 0.4) is 0 Å². The molecule has 2 rings (SSSR count). The van der Waals surface area contributed by atoms with Crippen molar-refractivity contribution < 1.29 is 9.59 Å². The maximum Gasteiger partial charge on any atom is 0.250 e. The number of carbonyl (C=O) groups excluding carboxylic acids is 2. The van der Waals surface area contributed by atoms with Crippen LogP contribution >= 0.6 is 0 Å². The molecule has 0 aromatic carbocycles. The van der Waals surface area contributed by atoms with E-state index in [2.05, 4.69) is 17.0 Å². The molecule has 1 saturated heterocycles. The highest BCUT2D eigenvalue weighted by Crippen LogP contribution is 2.20. The molecule has 0 bridgehead atoms. The summed E-state index contributed by atoms with van der Waals surface area (Å²) in [6.45, 7) is 4.03. The van der Waals surface area contributed by atoms with Gasteiger partial charge >= 0.3 is 0 Å². The van der Waals surface area contributed by atoms with Crippen molar-refractivity contribution in [1.82, 2.24) is 15.1 Å². The number of aryl methyl sites for hydroxylation is 1. The quantitative estimate of drug-likeness (QED) is 0.778. The minimum atomic E-state index is -0.473. The number of hydrogen-bond donors (Lipinski definition) is 1. The van der Waals surface area contributed by atoms with Crippen LogP contribution in [0.2, 0.25) is 0 Å². The summed E-state index contributed by atoms with van der Waals surface area (Å²) < 4.78 is 1.65. The summed E-state index contributed by atoms with van der Waals surface area (Å²) in [5, 5.41) is 6.70. The summed E-state index contributed by atoms with van der Waals surface area (Å²) in [6.07, 6.45) is 4.33. The molecule has 2 heterocycles. The van der Waals surface area contributed by atoms with Gasteiger partial charge in [-0.3, -0.25) is 19.2 Å². The standard InChI is InChI=1S/C12H16N4O2/c1-3-10(17)14-9-5-4-8-16(12(9)18)11-6-7-13-15(11)2/h3,6-7,9H,1,4-5,8H2,2H3,(H,14,17). The third kappa shape index (κ3) is 2.27. The van der Waals surface area contributed by atoms with Gasteiger partial charge in [0.05, 0.1) is 6.20 Å². The molecule has 0 radical (unpaired) electrons. The van der Waals surface area contributed by atoms with E-state index in [4.69, 9.17) is 0 Å². The Kier molecular flexibility index (Phi) is 3.45. The van der Waals surface area contributed by atoms with Crippen LogP contribution in [0.1, 0.15) is 12.8 Å². The number of hydrogen-bond acceptors (Lipinski definition) is 3. The molecule has 1 aromatic rings. The smallest absolute Gasteiger partial charge is 0.250 e. The van der Waals surface area contributed by atoms with Gasteiger partial charge in [0.15, 0.2) is 0 Å². The fourth-order valence-corrected chi connectivity index (χ4v) is 2.10. The molecule has 1 atom stereocenters. The molecule has 0 aliphatic carbocycles. The second kappa shape index (κ2) is 5.03. The van der Waals surface area contributed by atoms with Crippen molar-refractivity contribution in [2.75, 3.05) is 11.4 Å². The summed E-state index contributed by atoms with van der Waals surface area (Å²) in [7, 11) is 1.79. The molecule has 1 aliphatic heterocycles. The van der Waals surface area contributed by atoms with E-state index in [1.54, 1.807) is 28.9 Å². The van der Waals surface area contributed by atoms with Crippen LogP contribution in [-0.4, -0.2) is 34.2 Å². The van der Waals surface area contributed by atoms with Gasteiger partial charge in [-0.05, 0) is 18.9 Å². The highest BCUT2D eigenvalue weighted by molar-refractivity contribution is 6.00. The summed E-state index contributed by atoms with van der Waals surface area (Å²) >= 11 is 0. The lowest BCUT2D eigenvalue weighted by atomic mass is 10.0. The summed E-state index contributed by atoms with van der Waals surface area (Å²) in [6, 6.07) is 1.31. The first-order chi connectivity index (χ1) is 8.63. The van der Waals surface area contributed by atoms with Gasteiger partial charge < -0.3 is 5.32 Å². The average Bonchev–Trinajstić information content (AvgIpc) is 2.78. The molecule has 96 valence electrons. The van der Waals surface area contributed by atoms with E-state index < -0.39 is 6.04 Å². The van der Waals surface area contributed by atoms with E-state index in [0.29, 0.717) is 13.0 Å². The van der Waals surface area contributed by atoms with E-state index >= 15 is 0 Å². The van der Waals surface area contributed by atoms with Gasteiger partial charge in [-0.2, -0.15) is 5.10 Å². The van der Waals surface area contributed by atoms with Crippen LogP contribution in [0.15, 0.2) is 24.9 Å². The monoisotopic (exact) mass is 248 g/mol. The minimum absolute atomic E-state index is 0.0972. The third-order valence-corrected chi connectivity index (χ3v) is 3.01. The van der Waals surface area contributed by atoms with Gasteiger partial charge in [0.25, 0.3) is 5.91 Å². The Morgan fingerprint density at radius 3 is 3.06 bits per heavy atom. The lowest BCUT2D eigenvalue weighted by Gasteiger charge is -2.32. The van der Waals surface area contributed by atoms with E-state index in [-0.39, 0.29) is 11.8 Å². The molecule has 1 aromatic heterocycles. The summed E-state index contributed by atoms with van der Waals surface area (Å²) in [5.74, 6) is 0.331. The Morgan fingerprint density at radius 2 is 2.44 bits per heavy atom. The van der Waals surface area contributed by atoms with Crippen LogP contribution < -0.4 is 10.2 Å². The molecule has 1 N–H and O–H groups in total. The molecule has 0 spiro atoms. The van der Waals surface area contributed by atoms with Crippen LogP contribution in [0, 0.1) is 0 Å². The zero-order chi connectivity index (χ0) is 13.1. The molecular formula is C12H16N4O2. The Hall–Kier alpha value is -2.11. The fourth-order valence-electron chi connectivity index (χ4n) is 2.10. The predicted octanol–water partition coefficient (Wildman–Crippen LogP) is 0.218. The number of nitrogens with one attached hydrogen (secondary N) is 1. The zero-order valence-electron chi connectivity index (χ0n) is 10.3. The molecule has 1 unspecified atom stereocenters. The molecule has 6 heteroatoms. The normalized spacial score (nSPS) is 19.7. The van der Waals surface area contributed by atoms with Crippen molar-refractivity contribution in [2.45, 2.75) is 18.9 Å². The first kappa shape index (κ1) is 12.3. The van der Waals surface area contributed by atoms with Crippen LogP contribution in [0.4, 0.5) is 5.82 Å². The van der Waals surface area contributed by atoms with Gasteiger partial charge in [0.2, 0.25) is 5.91 Å². The molecule has 1 aliphatic rings. The number of rotatable bonds is 3. The van der Waals surface area contributed by atoms with Crippen molar-refractivity contribution in [3.63, 3.8) is 0 Å². The number of nitrogens with zero attached hydrogens (tertiary/aromatic N) is 3. The number of amides is 2. The van der Waals surface area contributed by atoms with Crippen LogP contribution in [-0.2, 0) is 16.6 Å². The van der Waals surface area contributed by atoms with Crippen molar-refractivity contribution in [2.24, 2.45) is 7.05 Å². The molecule has 0 saturated carbocycles. The van der Waals surface area contributed by atoms with Gasteiger partial charge in [0, 0.05) is 19.7 Å². The Bertz CT molecular complexity index is 480. The minimum Gasteiger partial charge on any atom is -0.341 e. The number of anilines is 1. The first-order valence-electron chi connectivity index (χ1n) is 5.86. The lowest BCUT2D eigenvalue weighted by Crippen LogP contribution is -2.52. The van der Waals surface area contributed by atoms with Crippen molar-refractivity contribution >= 4 is 17.6 Å². The van der Waals surface area contributed by atoms with Gasteiger partial charge in [-0.25, -0.2) is 0 Å². The first-order valence-corrected chi connectivity index (χ1v) is 5.86. The highest BCUT2D eigenvalue weighted by atomic mass is 16.2. The lowest BCUT2D eigenvalue weighted by molar-refractivity contribution is -0.126. The second-order valence-electron chi connectivity index (χ2n) is 4.21. The number of aromatic nitrogens is 2. The van der Waals surface area contributed by atoms with Crippen LogP contribution in [0.5, 0.6) is 0 Å². The maximum atomic E-state index is 12.3. The van der Waals surface area contributed by atoms with E-state index in [9.17, 15) is 9.59 Å². The number of piperidine rings is 1. The maximum absolute atomic E-state index is 12.3. The van der Waals surface area contributed by atoms with E-state index in [1.165, 1.54) is 6.08 Å². The molecule has 2 amide bonds. The van der Waals surface area contributed by atoms with Gasteiger partial charge in [-0.15, -0.1) is 0 Å². The van der Waals surface area contributed by atoms with Gasteiger partial charge in [-0.1, -0.05) is 6.58 Å². The van der Waals surface area contributed by atoms with E-state index in [1.807, 2.05) is 0 Å². The van der Waals surface area contributed by atoms with E-state index in [0.717, 1.165) is 12.2 Å². The SMILES string of the molecule is C=CC(=O)NC1CCCN(c2ccnn2C)C1=O. The fraction of sp³-hybridized carbons (Fsp3) is 0.417. The third-order valence-electron chi connectivity index (χ3n) is 3.01. The van der Waals surface area contributed by atoms with Gasteiger partial charge in [0.1, 0.15) is 11.9 Å². The Balaban J connectivity index is 2.14. The zero-order valence-corrected chi connectivity index (χ0v) is 10.3. The Morgan fingerprint density at radius 1 is 1.67 bits per heavy atom. The molecule has 6 nitrogen and oxygen atoms in total. The largest absolute Gasteiger partial charge is 0.341 e. The van der Waals surface area contributed by atoms with Crippen molar-refractivity contribution in [3.8, 4) is 0 Å². The molecule has 18 heavy (non-hydrogen) atoms. The van der Waals surface area contributed by atoms with Crippen molar-refractivity contribution in [3.05, 3.63) is 24.9 Å².